The SMILES string of the molecule is COCCN(CC(=O)Nc1ccccc1CN)C(C)C. The Balaban J connectivity index is 2.61. The van der Waals surface area contributed by atoms with Crippen LogP contribution in [0.5, 0.6) is 0 Å². The van der Waals surface area contributed by atoms with Gasteiger partial charge in [0.2, 0.25) is 5.91 Å². The average Bonchev–Trinajstić information content (AvgIpc) is 2.43. The molecule has 0 bridgehead atoms. The van der Waals surface area contributed by atoms with Gasteiger partial charge in [-0.1, -0.05) is 18.2 Å². The van der Waals surface area contributed by atoms with Crippen LogP contribution < -0.4 is 11.1 Å². The number of carbonyl (C=O) groups excluding carboxylic acids is 1. The monoisotopic (exact) mass is 279 g/mol. The summed E-state index contributed by atoms with van der Waals surface area (Å²) in [5.41, 5.74) is 7.39. The van der Waals surface area contributed by atoms with Gasteiger partial charge in [0.1, 0.15) is 0 Å². The Morgan fingerprint density at radius 3 is 2.70 bits per heavy atom. The molecule has 1 aromatic carbocycles. The standard InChI is InChI=1S/C15H25N3O2/c1-12(2)18(8-9-20-3)11-15(19)17-14-7-5-4-6-13(14)10-16/h4-7,12H,8-11,16H2,1-3H3,(H,17,19). The van der Waals surface area contributed by atoms with E-state index in [1.54, 1.807) is 7.11 Å². The lowest BCUT2D eigenvalue weighted by atomic mass is 10.2. The predicted octanol–water partition coefficient (Wildman–Crippen LogP) is 1.44. The Morgan fingerprint density at radius 2 is 2.10 bits per heavy atom. The van der Waals surface area contributed by atoms with Gasteiger partial charge in [0, 0.05) is 31.9 Å². The largest absolute Gasteiger partial charge is 0.383 e. The Bertz CT molecular complexity index is 421. The van der Waals surface area contributed by atoms with Gasteiger partial charge in [-0.15, -0.1) is 0 Å². The lowest BCUT2D eigenvalue weighted by Crippen LogP contribution is -2.40. The highest BCUT2D eigenvalue weighted by atomic mass is 16.5. The van der Waals surface area contributed by atoms with E-state index in [0.717, 1.165) is 17.8 Å². The third-order valence-electron chi connectivity index (χ3n) is 3.17. The summed E-state index contributed by atoms with van der Waals surface area (Å²) in [4.78, 5) is 14.2. The first-order chi connectivity index (χ1) is 9.58. The van der Waals surface area contributed by atoms with Crippen molar-refractivity contribution < 1.29 is 9.53 Å². The second-order valence-electron chi connectivity index (χ2n) is 4.97. The van der Waals surface area contributed by atoms with Crippen LogP contribution in [-0.2, 0) is 16.1 Å². The zero-order valence-electron chi connectivity index (χ0n) is 12.6. The molecule has 0 aromatic heterocycles. The Kier molecular flexibility index (Phi) is 7.22. The van der Waals surface area contributed by atoms with Crippen molar-refractivity contribution in [3.63, 3.8) is 0 Å². The van der Waals surface area contributed by atoms with E-state index in [1.807, 2.05) is 24.3 Å². The van der Waals surface area contributed by atoms with Crippen molar-refractivity contribution in [3.05, 3.63) is 29.8 Å². The highest BCUT2D eigenvalue weighted by Crippen LogP contribution is 2.14. The smallest absolute Gasteiger partial charge is 0.238 e. The van der Waals surface area contributed by atoms with Gasteiger partial charge in [0.15, 0.2) is 0 Å². The second kappa shape index (κ2) is 8.68. The summed E-state index contributed by atoms with van der Waals surface area (Å²) in [6, 6.07) is 7.88. The molecule has 0 fully saturated rings. The van der Waals surface area contributed by atoms with Crippen LogP contribution in [0.4, 0.5) is 5.69 Å². The number of hydrogen-bond acceptors (Lipinski definition) is 4. The minimum absolute atomic E-state index is 0.0318. The van der Waals surface area contributed by atoms with E-state index < -0.39 is 0 Å². The molecule has 112 valence electrons. The number of nitrogens with one attached hydrogen (secondary N) is 1. The van der Waals surface area contributed by atoms with Crippen molar-refractivity contribution in [2.45, 2.75) is 26.4 Å². The number of rotatable bonds is 8. The molecule has 0 aliphatic carbocycles. The molecule has 5 heteroatoms. The Labute approximate surface area is 121 Å². The number of benzene rings is 1. The molecule has 0 aliphatic rings. The molecule has 1 rings (SSSR count). The molecule has 0 aliphatic heterocycles. The summed E-state index contributed by atoms with van der Waals surface area (Å²) < 4.78 is 5.07. The van der Waals surface area contributed by atoms with Crippen LogP contribution in [0.1, 0.15) is 19.4 Å². The first-order valence-corrected chi connectivity index (χ1v) is 6.89. The van der Waals surface area contributed by atoms with E-state index in [0.29, 0.717) is 25.7 Å². The number of ether oxygens (including phenoxy) is 1. The molecule has 1 amide bonds. The number of nitrogens with two attached hydrogens (primary N) is 1. The van der Waals surface area contributed by atoms with Crippen LogP contribution in [0.2, 0.25) is 0 Å². The molecule has 1 aromatic rings. The average molecular weight is 279 g/mol. The molecule has 3 N–H and O–H groups in total. The Hall–Kier alpha value is -1.43. The highest BCUT2D eigenvalue weighted by Gasteiger charge is 2.14. The summed E-state index contributed by atoms with van der Waals surface area (Å²) in [7, 11) is 1.66. The molecule has 20 heavy (non-hydrogen) atoms. The van der Waals surface area contributed by atoms with Crippen molar-refractivity contribution in [2.75, 3.05) is 32.1 Å². The lowest BCUT2D eigenvalue weighted by molar-refractivity contribution is -0.117. The quantitative estimate of drug-likeness (QED) is 0.755. The van der Waals surface area contributed by atoms with E-state index in [-0.39, 0.29) is 5.91 Å². The molecular weight excluding hydrogens is 254 g/mol. The number of methoxy groups -OCH3 is 1. The van der Waals surface area contributed by atoms with E-state index in [4.69, 9.17) is 10.5 Å². The number of para-hydroxylation sites is 1. The predicted molar refractivity (Wildman–Crippen MR) is 81.5 cm³/mol. The maximum Gasteiger partial charge on any atom is 0.238 e. The summed E-state index contributed by atoms with van der Waals surface area (Å²) >= 11 is 0. The third-order valence-corrected chi connectivity index (χ3v) is 3.17. The van der Waals surface area contributed by atoms with Crippen LogP contribution in [0.3, 0.4) is 0 Å². The molecule has 0 saturated carbocycles. The number of hydrogen-bond donors (Lipinski definition) is 2. The first-order valence-electron chi connectivity index (χ1n) is 6.89. The topological polar surface area (TPSA) is 67.6 Å². The van der Waals surface area contributed by atoms with Gasteiger partial charge in [0.05, 0.1) is 13.2 Å². The van der Waals surface area contributed by atoms with Crippen molar-refractivity contribution in [3.8, 4) is 0 Å². The van der Waals surface area contributed by atoms with Crippen molar-refractivity contribution in [2.24, 2.45) is 5.73 Å². The number of nitrogens with zero attached hydrogens (tertiary/aromatic N) is 1. The van der Waals surface area contributed by atoms with Crippen LogP contribution in [0, 0.1) is 0 Å². The zero-order valence-corrected chi connectivity index (χ0v) is 12.6. The van der Waals surface area contributed by atoms with Crippen LogP contribution in [-0.4, -0.2) is 43.7 Å². The summed E-state index contributed by atoms with van der Waals surface area (Å²) in [6.07, 6.45) is 0. The van der Waals surface area contributed by atoms with Gasteiger partial charge in [-0.25, -0.2) is 0 Å². The molecule has 0 unspecified atom stereocenters. The number of amides is 1. The lowest BCUT2D eigenvalue weighted by Gasteiger charge is -2.25. The second-order valence-corrected chi connectivity index (χ2v) is 4.97. The zero-order chi connectivity index (χ0) is 15.0. The van der Waals surface area contributed by atoms with Crippen molar-refractivity contribution in [1.82, 2.24) is 4.90 Å². The fraction of sp³-hybridized carbons (Fsp3) is 0.533. The van der Waals surface area contributed by atoms with E-state index in [2.05, 4.69) is 24.1 Å². The normalized spacial score (nSPS) is 11.1. The summed E-state index contributed by atoms with van der Waals surface area (Å²) in [6.45, 7) is 6.24. The number of carbonyl (C=O) groups is 1. The van der Waals surface area contributed by atoms with E-state index in [1.165, 1.54) is 0 Å². The van der Waals surface area contributed by atoms with E-state index in [9.17, 15) is 4.79 Å². The number of anilines is 1. The van der Waals surface area contributed by atoms with Crippen LogP contribution in [0.25, 0.3) is 0 Å². The van der Waals surface area contributed by atoms with Gasteiger partial charge < -0.3 is 15.8 Å². The minimum Gasteiger partial charge on any atom is -0.383 e. The van der Waals surface area contributed by atoms with E-state index >= 15 is 0 Å². The molecule has 0 heterocycles. The molecule has 0 atom stereocenters. The van der Waals surface area contributed by atoms with Gasteiger partial charge in [-0.05, 0) is 25.5 Å². The van der Waals surface area contributed by atoms with Gasteiger partial charge in [-0.3, -0.25) is 9.69 Å². The molecule has 0 spiro atoms. The molecular formula is C15H25N3O2. The fourth-order valence-electron chi connectivity index (χ4n) is 1.92. The van der Waals surface area contributed by atoms with Gasteiger partial charge in [0.25, 0.3) is 0 Å². The van der Waals surface area contributed by atoms with Gasteiger partial charge in [-0.2, -0.15) is 0 Å². The van der Waals surface area contributed by atoms with Crippen molar-refractivity contribution >= 4 is 11.6 Å². The maximum atomic E-state index is 12.1. The summed E-state index contributed by atoms with van der Waals surface area (Å²) in [5.74, 6) is -0.0318. The first kappa shape index (κ1) is 16.6. The van der Waals surface area contributed by atoms with Crippen LogP contribution >= 0.6 is 0 Å². The maximum absolute atomic E-state index is 12.1. The fourth-order valence-corrected chi connectivity index (χ4v) is 1.92. The van der Waals surface area contributed by atoms with Gasteiger partial charge >= 0.3 is 0 Å². The summed E-state index contributed by atoms with van der Waals surface area (Å²) in [5, 5.41) is 2.92. The van der Waals surface area contributed by atoms with Crippen LogP contribution in [0.15, 0.2) is 24.3 Å². The van der Waals surface area contributed by atoms with Crippen molar-refractivity contribution in [1.29, 1.82) is 0 Å². The highest BCUT2D eigenvalue weighted by molar-refractivity contribution is 5.93. The minimum atomic E-state index is -0.0318. The third kappa shape index (κ3) is 5.28. The molecule has 5 nitrogen and oxygen atoms in total. The molecule has 0 saturated heterocycles. The Morgan fingerprint density at radius 1 is 1.40 bits per heavy atom. The molecule has 0 radical (unpaired) electrons.